The van der Waals surface area contributed by atoms with Crippen LogP contribution in [-0.4, -0.2) is 16.4 Å². The first kappa shape index (κ1) is 8.56. The number of hydrogen-bond donors (Lipinski definition) is 1. The number of nitrogens with zero attached hydrogens (tertiary/aromatic N) is 2. The number of nitrogens with one attached hydrogen (secondary N) is 1. The number of hydrogen-bond acceptors (Lipinski definition) is 2. The first-order valence-electron chi connectivity index (χ1n) is 4.03. The zero-order valence-electron chi connectivity index (χ0n) is 7.50. The van der Waals surface area contributed by atoms with E-state index in [9.17, 15) is 0 Å². The number of aryl methyl sites for hydroxylation is 1. The summed E-state index contributed by atoms with van der Waals surface area (Å²) < 4.78 is 2.99. The molecule has 2 aromatic heterocycles. The van der Waals surface area contributed by atoms with E-state index in [0.29, 0.717) is 0 Å². The number of fused-ring (bicyclic) bond motifs is 1. The molecule has 0 saturated carbocycles. The lowest BCUT2D eigenvalue weighted by Crippen LogP contribution is -1.94. The van der Waals surface area contributed by atoms with Crippen LogP contribution in [0.25, 0.3) is 5.65 Å². The van der Waals surface area contributed by atoms with Crippen molar-refractivity contribution >= 4 is 27.3 Å². The number of rotatable bonds is 1. The van der Waals surface area contributed by atoms with E-state index >= 15 is 0 Å². The van der Waals surface area contributed by atoms with Gasteiger partial charge in [-0.25, -0.2) is 4.98 Å². The molecule has 3 nitrogen and oxygen atoms in total. The Balaban J connectivity index is 2.80. The van der Waals surface area contributed by atoms with Gasteiger partial charge in [0.1, 0.15) is 10.3 Å². The molecule has 0 aliphatic heterocycles. The normalized spacial score (nSPS) is 10.7. The molecule has 0 aliphatic rings. The van der Waals surface area contributed by atoms with Gasteiger partial charge in [-0.3, -0.25) is 4.40 Å². The van der Waals surface area contributed by atoms with Crippen molar-refractivity contribution in [2.75, 3.05) is 12.4 Å². The van der Waals surface area contributed by atoms with Crippen molar-refractivity contribution in [2.24, 2.45) is 0 Å². The third-order valence-electron chi connectivity index (χ3n) is 2.03. The molecule has 0 aromatic carbocycles. The first-order chi connectivity index (χ1) is 6.22. The summed E-state index contributed by atoms with van der Waals surface area (Å²) >= 11 is 3.44. The predicted molar refractivity (Wildman–Crippen MR) is 57.2 cm³/mol. The maximum Gasteiger partial charge on any atom is 0.140 e. The molecule has 0 bridgehead atoms. The second-order valence-electron chi connectivity index (χ2n) is 2.94. The lowest BCUT2D eigenvalue weighted by atomic mass is 10.3. The smallest absolute Gasteiger partial charge is 0.140 e. The molecule has 4 heteroatoms. The fraction of sp³-hybridized carbons (Fsp3) is 0.222. The minimum absolute atomic E-state index is 0.975. The zero-order valence-corrected chi connectivity index (χ0v) is 9.09. The number of halogens is 1. The van der Waals surface area contributed by atoms with Gasteiger partial charge in [0.25, 0.3) is 0 Å². The topological polar surface area (TPSA) is 29.3 Å². The van der Waals surface area contributed by atoms with Crippen LogP contribution >= 0.6 is 15.9 Å². The van der Waals surface area contributed by atoms with Gasteiger partial charge in [-0.2, -0.15) is 0 Å². The molecule has 2 aromatic rings. The molecule has 68 valence electrons. The lowest BCUT2D eigenvalue weighted by molar-refractivity contribution is 1.13. The van der Waals surface area contributed by atoms with Crippen LogP contribution in [-0.2, 0) is 0 Å². The van der Waals surface area contributed by atoms with Gasteiger partial charge in [-0.1, -0.05) is 0 Å². The maximum absolute atomic E-state index is 4.28. The number of aromatic nitrogens is 2. The van der Waals surface area contributed by atoms with Crippen molar-refractivity contribution in [3.63, 3.8) is 0 Å². The van der Waals surface area contributed by atoms with Crippen LogP contribution in [0.1, 0.15) is 5.56 Å². The Hall–Kier alpha value is -1.03. The van der Waals surface area contributed by atoms with Crippen molar-refractivity contribution in [1.82, 2.24) is 9.38 Å². The molecule has 13 heavy (non-hydrogen) atoms. The summed E-state index contributed by atoms with van der Waals surface area (Å²) in [6.07, 6.45) is 3.82. The predicted octanol–water partition coefficient (Wildman–Crippen LogP) is 2.45. The average Bonchev–Trinajstić information content (AvgIpc) is 2.48. The Kier molecular flexibility index (Phi) is 2.00. The molecule has 0 unspecified atom stereocenters. The van der Waals surface area contributed by atoms with Crippen molar-refractivity contribution in [2.45, 2.75) is 6.92 Å². The van der Waals surface area contributed by atoms with Gasteiger partial charge in [0.2, 0.25) is 0 Å². The summed E-state index contributed by atoms with van der Waals surface area (Å²) in [4.78, 5) is 4.28. The van der Waals surface area contributed by atoms with Crippen molar-refractivity contribution in [3.8, 4) is 0 Å². The van der Waals surface area contributed by atoms with Gasteiger partial charge in [0, 0.05) is 13.2 Å². The molecule has 0 radical (unpaired) electrons. The zero-order chi connectivity index (χ0) is 9.42. The van der Waals surface area contributed by atoms with Crippen LogP contribution in [0.5, 0.6) is 0 Å². The second kappa shape index (κ2) is 3.03. The highest BCUT2D eigenvalue weighted by Gasteiger charge is 2.03. The Morgan fingerprint density at radius 1 is 1.54 bits per heavy atom. The minimum Gasteiger partial charge on any atom is -0.387 e. The standard InChI is InChI=1S/C9H10BrN3/c1-6-3-7(11-2)5-13-8(10)4-12-9(6)13/h3-5,11H,1-2H3. The number of imidazole rings is 1. The third kappa shape index (κ3) is 1.31. The minimum atomic E-state index is 0.975. The summed E-state index contributed by atoms with van der Waals surface area (Å²) in [7, 11) is 1.91. The fourth-order valence-electron chi connectivity index (χ4n) is 1.37. The van der Waals surface area contributed by atoms with Crippen LogP contribution in [0.2, 0.25) is 0 Å². The largest absolute Gasteiger partial charge is 0.387 e. The number of pyridine rings is 1. The van der Waals surface area contributed by atoms with Gasteiger partial charge in [-0.05, 0) is 34.5 Å². The van der Waals surface area contributed by atoms with Gasteiger partial charge in [0.05, 0.1) is 11.9 Å². The molecule has 0 spiro atoms. The maximum atomic E-state index is 4.28. The highest BCUT2D eigenvalue weighted by Crippen LogP contribution is 2.19. The summed E-state index contributed by atoms with van der Waals surface area (Å²) in [5.74, 6) is 0. The van der Waals surface area contributed by atoms with E-state index in [4.69, 9.17) is 0 Å². The van der Waals surface area contributed by atoms with Gasteiger partial charge < -0.3 is 5.32 Å². The highest BCUT2D eigenvalue weighted by molar-refractivity contribution is 9.10. The molecule has 0 atom stereocenters. The lowest BCUT2D eigenvalue weighted by Gasteiger charge is -2.04. The van der Waals surface area contributed by atoms with E-state index in [1.807, 2.05) is 23.8 Å². The monoisotopic (exact) mass is 239 g/mol. The molecule has 0 saturated heterocycles. The molecule has 0 amide bonds. The van der Waals surface area contributed by atoms with Crippen LogP contribution in [0.4, 0.5) is 5.69 Å². The van der Waals surface area contributed by atoms with Gasteiger partial charge in [-0.15, -0.1) is 0 Å². The molecule has 2 rings (SSSR count). The SMILES string of the molecule is CNc1cc(C)c2ncc(Br)n2c1. The van der Waals surface area contributed by atoms with Gasteiger partial charge >= 0.3 is 0 Å². The molecular formula is C9H10BrN3. The Bertz CT molecular complexity index is 447. The van der Waals surface area contributed by atoms with Crippen molar-refractivity contribution < 1.29 is 0 Å². The second-order valence-corrected chi connectivity index (χ2v) is 3.75. The molecule has 1 N–H and O–H groups in total. The van der Waals surface area contributed by atoms with E-state index in [0.717, 1.165) is 21.5 Å². The van der Waals surface area contributed by atoms with E-state index in [1.54, 1.807) is 0 Å². The van der Waals surface area contributed by atoms with E-state index in [1.165, 1.54) is 0 Å². The van der Waals surface area contributed by atoms with Crippen LogP contribution in [0.3, 0.4) is 0 Å². The third-order valence-corrected chi connectivity index (χ3v) is 2.62. The average molecular weight is 240 g/mol. The summed E-state index contributed by atoms with van der Waals surface area (Å²) in [6.45, 7) is 2.05. The summed E-state index contributed by atoms with van der Waals surface area (Å²) in [5.41, 5.74) is 3.24. The molecular weight excluding hydrogens is 230 g/mol. The van der Waals surface area contributed by atoms with Crippen molar-refractivity contribution in [3.05, 3.63) is 28.6 Å². The van der Waals surface area contributed by atoms with Gasteiger partial charge in [0.15, 0.2) is 0 Å². The fourth-order valence-corrected chi connectivity index (χ4v) is 1.74. The summed E-state index contributed by atoms with van der Waals surface area (Å²) in [6, 6.07) is 2.08. The van der Waals surface area contributed by atoms with Crippen molar-refractivity contribution in [1.29, 1.82) is 0 Å². The Morgan fingerprint density at radius 2 is 2.31 bits per heavy atom. The molecule has 0 fully saturated rings. The number of anilines is 1. The van der Waals surface area contributed by atoms with E-state index in [-0.39, 0.29) is 0 Å². The van der Waals surface area contributed by atoms with Crippen LogP contribution in [0.15, 0.2) is 23.1 Å². The highest BCUT2D eigenvalue weighted by atomic mass is 79.9. The molecule has 0 aliphatic carbocycles. The van der Waals surface area contributed by atoms with E-state index < -0.39 is 0 Å². The van der Waals surface area contributed by atoms with E-state index in [2.05, 4.69) is 39.2 Å². The Morgan fingerprint density at radius 3 is 3.00 bits per heavy atom. The van der Waals surface area contributed by atoms with Crippen LogP contribution < -0.4 is 5.32 Å². The first-order valence-corrected chi connectivity index (χ1v) is 4.82. The quantitative estimate of drug-likeness (QED) is 0.829. The summed E-state index contributed by atoms with van der Waals surface area (Å²) in [5, 5.41) is 3.11. The molecule has 2 heterocycles. The Labute approximate surface area is 84.9 Å². The van der Waals surface area contributed by atoms with Crippen LogP contribution in [0, 0.1) is 6.92 Å².